The topological polar surface area (TPSA) is 351 Å². The van der Waals surface area contributed by atoms with Gasteiger partial charge in [0.15, 0.2) is 11.6 Å². The molecule has 0 saturated carbocycles. The molecule has 7 heterocycles. The largest absolute Gasteiger partial charge is 0.495 e. The monoisotopic (exact) mass is 1620 g/mol. The number of nitrogens with one attached hydrogen (secondary N) is 5. The van der Waals surface area contributed by atoms with Gasteiger partial charge in [-0.1, -0.05) is 48.0 Å². The molecule has 3 fully saturated rings. The molecule has 4 aliphatic heterocycles. The van der Waals surface area contributed by atoms with Crippen LogP contribution in [0.2, 0.25) is 5.02 Å². The van der Waals surface area contributed by atoms with E-state index in [-0.39, 0.29) is 110 Å². The number of hydrogen-bond acceptors (Lipinski definition) is 27. The molecule has 6 aliphatic rings. The quantitative estimate of drug-likeness (QED) is 0.0417. The third-order valence-corrected chi connectivity index (χ3v) is 20.7. The summed E-state index contributed by atoms with van der Waals surface area (Å²) in [6, 6.07) is 30.6. The van der Waals surface area contributed by atoms with Crippen LogP contribution in [0, 0.1) is 28.5 Å². The maximum atomic E-state index is 15.1. The smallest absolute Gasteiger partial charge is 0.423 e. The number of fused-ring (bicyclic) bond motifs is 3. The van der Waals surface area contributed by atoms with E-state index in [0.29, 0.717) is 95.1 Å². The van der Waals surface area contributed by atoms with Gasteiger partial charge in [-0.15, -0.1) is 0 Å². The molecule has 0 radical (unpaired) electrons. The number of benzene rings is 6. The van der Waals surface area contributed by atoms with Crippen molar-refractivity contribution in [1.29, 1.82) is 10.5 Å². The number of piperidine rings is 2. The summed E-state index contributed by atoms with van der Waals surface area (Å²) in [7, 11) is 11.8. The molecular formula is C82H81ClF4N18O12. The van der Waals surface area contributed by atoms with Crippen molar-refractivity contribution in [2.24, 2.45) is 0 Å². The summed E-state index contributed by atoms with van der Waals surface area (Å²) in [5.41, 5.74) is 4.61. The van der Waals surface area contributed by atoms with Gasteiger partial charge >= 0.3 is 6.18 Å². The summed E-state index contributed by atoms with van der Waals surface area (Å²) in [5.74, 6) is -1.56. The summed E-state index contributed by atoms with van der Waals surface area (Å²) in [6.07, 6.45) is 3.95. The standard InChI is InChI=1S/C28H27ClN6O4.C28H28F4N6O5.C26H26N6O3/c1-35-10-8-18(9-11-35)32-26(37)19-12-24(38-2)21(13-20(19)29)33-28-31-15-17(14-30)27(34-28)39-23-5-3-4-16-6-7-22(36)25(16)23;1-37-9-5-7-16(14-37)34-24(39)17-10-22(41-2)20(11-19(17)29)35-27-33-12-18(28(30,31)32)25(36-27)43-21-8-4-6-15-13-38(42-3)26(40)23(15)21;1-31-10-12-32(13-11-31)19-7-8-20(23(14-19)34-2)29-26-28-16-18(15-27)25(30-26)35-22-5-3-4-17-6-9-21(33)24(17)22/h3-5,12-13,15,18H,6-11H2,1-2H3,(H,32,37)(H,31,33,34);4,6,8,10-12,16H,5,7,9,13-14H2,1-3H3,(H,34,39)(H,33,35,36);3-5,7-8,14,16H,6,9-13H2,1-2H3,(H,28,29,30)/t;16-;/m.1./s1. The summed E-state index contributed by atoms with van der Waals surface area (Å²) in [4.78, 5) is 102. The normalized spacial score (nSPS) is 16.0. The van der Waals surface area contributed by atoms with Crippen LogP contribution in [0.3, 0.4) is 0 Å². The highest BCUT2D eigenvalue weighted by Crippen LogP contribution is 2.43. The Kier molecular flexibility index (Phi) is 25.5. The lowest BCUT2D eigenvalue weighted by atomic mass is 10.0. The maximum absolute atomic E-state index is 15.1. The molecule has 5 N–H and O–H groups in total. The zero-order chi connectivity index (χ0) is 82.8. The number of Topliss-reactive ketones (excluding diaryl/α,β-unsaturated/α-hetero) is 2. The minimum atomic E-state index is -4.90. The predicted octanol–water partition coefficient (Wildman–Crippen LogP) is 12.8. The molecule has 0 bridgehead atoms. The molecule has 2 aliphatic carbocycles. The van der Waals surface area contributed by atoms with Gasteiger partial charge in [0.1, 0.15) is 69.1 Å². The van der Waals surface area contributed by atoms with Crippen LogP contribution in [0.15, 0.2) is 116 Å². The van der Waals surface area contributed by atoms with E-state index in [9.17, 15) is 47.7 Å². The number of nitriles is 2. The molecule has 30 nitrogen and oxygen atoms in total. The van der Waals surface area contributed by atoms with E-state index < -0.39 is 35.3 Å². The third-order valence-electron chi connectivity index (χ3n) is 20.4. The maximum Gasteiger partial charge on any atom is 0.423 e. The predicted molar refractivity (Wildman–Crippen MR) is 422 cm³/mol. The van der Waals surface area contributed by atoms with Gasteiger partial charge < -0.3 is 74.6 Å². The summed E-state index contributed by atoms with van der Waals surface area (Å²) in [5, 5.41) is 35.1. The SMILES string of the molecule is COc1cc(C(=O)NC2CCN(C)CC2)c(Cl)cc1Nc1ncc(C#N)c(Oc2cccc3c2C(=O)CC3)n1.COc1cc(C(=O)N[C@@H]2CCCN(C)C2)c(F)cc1Nc1ncc(C(F)(F)F)c(Oc2cccc3c2C(=O)N(OC)C3)n1.COc1cc(N2CCN(C)CC2)ccc1Nc1ncc(C#N)c(Oc2cccc3c2C(=O)CC3)n1. The van der Waals surface area contributed by atoms with E-state index in [1.807, 2.05) is 49.5 Å². The Hall–Kier alpha value is -12.9. The van der Waals surface area contributed by atoms with Gasteiger partial charge in [0.25, 0.3) is 17.7 Å². The Morgan fingerprint density at radius 2 is 1.03 bits per heavy atom. The Bertz CT molecular complexity index is 5390. The number of halogens is 5. The number of carbonyl (C=O) groups is 5. The number of likely N-dealkylation sites (N-methyl/N-ethyl adjacent to an activating group) is 2. The van der Waals surface area contributed by atoms with Crippen molar-refractivity contribution in [3.8, 4) is 64.3 Å². The number of carbonyl (C=O) groups excluding carboxylic acids is 5. The second-order valence-corrected chi connectivity index (χ2v) is 28.7. The third kappa shape index (κ3) is 19.1. The highest BCUT2D eigenvalue weighted by Gasteiger charge is 2.39. The van der Waals surface area contributed by atoms with Crippen LogP contribution in [-0.2, 0) is 30.4 Å². The van der Waals surface area contributed by atoms with E-state index >= 15 is 4.39 Å². The first kappa shape index (κ1) is 82.1. The summed E-state index contributed by atoms with van der Waals surface area (Å²) >= 11 is 6.51. The highest BCUT2D eigenvalue weighted by atomic mass is 35.5. The van der Waals surface area contributed by atoms with Crippen LogP contribution in [0.1, 0.15) is 124 Å². The van der Waals surface area contributed by atoms with Gasteiger partial charge in [0, 0.05) is 81.7 Å². The molecule has 3 saturated heterocycles. The Labute approximate surface area is 674 Å². The molecular weight excluding hydrogens is 1540 g/mol. The number of rotatable bonds is 21. The average Bonchev–Trinajstić information content (AvgIpc) is 1.50. The summed E-state index contributed by atoms with van der Waals surface area (Å²) in [6.45, 7) is 7.40. The van der Waals surface area contributed by atoms with Crippen LogP contribution in [0.5, 0.6) is 52.1 Å². The molecule has 9 aromatic rings. The molecule has 15 rings (SSSR count). The van der Waals surface area contributed by atoms with E-state index in [0.717, 1.165) is 99.4 Å². The van der Waals surface area contributed by atoms with E-state index in [4.69, 9.17) is 44.9 Å². The van der Waals surface area contributed by atoms with E-state index in [2.05, 4.69) is 96.3 Å². The van der Waals surface area contributed by atoms with Gasteiger partial charge in [-0.2, -0.15) is 38.6 Å². The number of nitrogens with zero attached hydrogens (tertiary/aromatic N) is 13. The highest BCUT2D eigenvalue weighted by molar-refractivity contribution is 6.34. The number of aryl methyl sites for hydroxylation is 2. The fourth-order valence-corrected chi connectivity index (χ4v) is 14.4. The van der Waals surface area contributed by atoms with Crippen molar-refractivity contribution in [3.05, 3.63) is 188 Å². The van der Waals surface area contributed by atoms with Gasteiger partial charge in [-0.3, -0.25) is 28.8 Å². The van der Waals surface area contributed by atoms with Crippen molar-refractivity contribution >= 4 is 81.5 Å². The minimum absolute atomic E-state index is 0.00212. The fourth-order valence-electron chi connectivity index (χ4n) is 14.2. The summed E-state index contributed by atoms with van der Waals surface area (Å²) < 4.78 is 90.7. The molecule has 1 atom stereocenters. The van der Waals surface area contributed by atoms with Gasteiger partial charge in [0.05, 0.1) is 97.3 Å². The first-order chi connectivity index (χ1) is 56.4. The number of ketones is 2. The number of ether oxygens (including phenoxy) is 6. The van der Waals surface area contributed by atoms with Crippen LogP contribution >= 0.6 is 11.6 Å². The van der Waals surface area contributed by atoms with Crippen molar-refractivity contribution in [2.75, 3.05) is 123 Å². The minimum Gasteiger partial charge on any atom is -0.495 e. The number of hydroxylamine groups is 2. The molecule has 0 spiro atoms. The number of likely N-dealkylation sites (tertiary alicyclic amines) is 2. The fraction of sp³-hybridized carbons (Fsp3) is 0.329. The Balaban J connectivity index is 0.000000153. The van der Waals surface area contributed by atoms with Crippen molar-refractivity contribution < 1.29 is 74.8 Å². The van der Waals surface area contributed by atoms with Crippen LogP contribution in [-0.4, -0.2) is 193 Å². The van der Waals surface area contributed by atoms with Crippen molar-refractivity contribution in [1.82, 2.24) is 60.3 Å². The molecule has 0 unspecified atom stereocenters. The Morgan fingerprint density at radius 3 is 1.58 bits per heavy atom. The molecule has 3 amide bonds. The second kappa shape index (κ2) is 36.3. The van der Waals surface area contributed by atoms with Gasteiger partial charge in [0.2, 0.25) is 35.5 Å². The molecule has 606 valence electrons. The number of amides is 3. The molecule has 35 heteroatoms. The van der Waals surface area contributed by atoms with Crippen molar-refractivity contribution in [3.63, 3.8) is 0 Å². The van der Waals surface area contributed by atoms with E-state index in [1.54, 1.807) is 43.5 Å². The number of aromatic nitrogens is 6. The van der Waals surface area contributed by atoms with Gasteiger partial charge in [-0.05, 0) is 145 Å². The zero-order valence-electron chi connectivity index (χ0n) is 64.7. The number of alkyl halides is 3. The lowest BCUT2D eigenvalue weighted by molar-refractivity contribution is -0.139. The number of anilines is 7. The van der Waals surface area contributed by atoms with Crippen LogP contribution in [0.25, 0.3) is 0 Å². The van der Waals surface area contributed by atoms with Crippen LogP contribution < -0.4 is 59.9 Å². The molecule has 117 heavy (non-hydrogen) atoms. The number of methoxy groups -OCH3 is 3. The van der Waals surface area contributed by atoms with Crippen LogP contribution in [0.4, 0.5) is 58.2 Å². The Morgan fingerprint density at radius 1 is 0.530 bits per heavy atom. The molecule has 3 aromatic heterocycles. The zero-order valence-corrected chi connectivity index (χ0v) is 65.5. The number of hydrogen-bond donors (Lipinski definition) is 5. The van der Waals surface area contributed by atoms with E-state index in [1.165, 1.54) is 51.9 Å². The van der Waals surface area contributed by atoms with Gasteiger partial charge in [-0.25, -0.2) is 24.4 Å². The molecule has 6 aromatic carbocycles. The lowest BCUT2D eigenvalue weighted by Crippen LogP contribution is -2.46. The second-order valence-electron chi connectivity index (χ2n) is 28.2. The lowest BCUT2D eigenvalue weighted by Gasteiger charge is -2.34. The first-order valence-corrected chi connectivity index (χ1v) is 37.7. The first-order valence-electron chi connectivity index (χ1n) is 37.4. The number of piperazine rings is 1. The van der Waals surface area contributed by atoms with Crippen molar-refractivity contribution in [2.45, 2.75) is 76.2 Å². The average molecular weight is 1620 g/mol.